The average Bonchev–Trinajstić information content (AvgIpc) is 2.92. The molecule has 5 nitrogen and oxygen atoms in total. The van der Waals surface area contributed by atoms with E-state index in [0.29, 0.717) is 22.2 Å². The third-order valence-corrected chi connectivity index (χ3v) is 7.79. The first-order valence-corrected chi connectivity index (χ1v) is 14.4. The lowest BCUT2D eigenvalue weighted by Crippen LogP contribution is -2.53. The van der Waals surface area contributed by atoms with Gasteiger partial charge in [-0.1, -0.05) is 101 Å². The van der Waals surface area contributed by atoms with Crippen LogP contribution in [0, 0.1) is 0 Å². The van der Waals surface area contributed by atoms with E-state index in [2.05, 4.69) is 21.2 Å². The summed E-state index contributed by atoms with van der Waals surface area (Å²) in [5.41, 5.74) is 1.89. The fourth-order valence-corrected chi connectivity index (χ4v) is 5.43. The van der Waals surface area contributed by atoms with Crippen LogP contribution >= 0.6 is 39.1 Å². The van der Waals surface area contributed by atoms with Crippen LogP contribution in [0.15, 0.2) is 77.3 Å². The van der Waals surface area contributed by atoms with Crippen LogP contribution in [-0.4, -0.2) is 35.4 Å². The third-order valence-electron chi connectivity index (χ3n) is 6.73. The maximum absolute atomic E-state index is 13.8. The molecule has 0 saturated heterocycles. The van der Waals surface area contributed by atoms with Gasteiger partial charge in [0.15, 0.2) is 6.61 Å². The highest BCUT2D eigenvalue weighted by Crippen LogP contribution is 2.28. The van der Waals surface area contributed by atoms with Gasteiger partial charge in [0.2, 0.25) is 5.91 Å². The van der Waals surface area contributed by atoms with E-state index in [1.165, 1.54) is 6.42 Å². The van der Waals surface area contributed by atoms with Crippen molar-refractivity contribution in [3.63, 3.8) is 0 Å². The van der Waals surface area contributed by atoms with Crippen molar-refractivity contribution in [2.24, 2.45) is 0 Å². The molecule has 8 heteroatoms. The Kier molecular flexibility index (Phi) is 10.5. The summed E-state index contributed by atoms with van der Waals surface area (Å²) in [6, 6.07) is 21.8. The summed E-state index contributed by atoms with van der Waals surface area (Å²) in [5, 5.41) is 4.04. The molecule has 3 aromatic carbocycles. The number of hydrogen-bond donors (Lipinski definition) is 1. The van der Waals surface area contributed by atoms with Gasteiger partial charge in [-0.25, -0.2) is 0 Å². The van der Waals surface area contributed by atoms with Crippen LogP contribution in [-0.2, 0) is 22.6 Å². The maximum atomic E-state index is 13.8. The number of rotatable bonds is 10. The molecule has 1 fully saturated rings. The van der Waals surface area contributed by atoms with Gasteiger partial charge in [-0.2, -0.15) is 0 Å². The Hall–Kier alpha value is -2.54. The molecule has 0 heterocycles. The van der Waals surface area contributed by atoms with E-state index in [9.17, 15) is 9.59 Å². The molecule has 0 aromatic heterocycles. The van der Waals surface area contributed by atoms with E-state index in [1.807, 2.05) is 54.6 Å². The number of nitrogens with one attached hydrogen (secondary N) is 1. The summed E-state index contributed by atoms with van der Waals surface area (Å²) in [5.74, 6) is -0.0892. The zero-order valence-corrected chi connectivity index (χ0v) is 24.1. The first-order chi connectivity index (χ1) is 18.4. The Bertz CT molecular complexity index is 1220. The minimum Gasteiger partial charge on any atom is -0.482 e. The number of carbonyl (C=O) groups excluding carboxylic acids is 2. The number of halogens is 3. The van der Waals surface area contributed by atoms with Crippen LogP contribution in [0.1, 0.15) is 43.2 Å². The Labute approximate surface area is 242 Å². The molecule has 1 aliphatic rings. The number of nitrogens with zero attached hydrogens (tertiary/aromatic N) is 1. The van der Waals surface area contributed by atoms with Gasteiger partial charge in [0.25, 0.3) is 5.91 Å². The standard InChI is InChI=1S/C30H31BrCl2N2O3/c31-23-13-11-22(12-14-23)19-35(29(36)20-38-28-16-15-24(32)18-26(28)33)27(17-21-7-3-1-4-8-21)30(37)34-25-9-5-2-6-10-25/h1,3-4,7-8,11-16,18,25,27H,2,5-6,9-10,17,19-20H2,(H,34,37)/t27-/m0/s1. The molecule has 0 bridgehead atoms. The molecule has 0 aliphatic heterocycles. The molecule has 1 aliphatic carbocycles. The largest absolute Gasteiger partial charge is 0.482 e. The van der Waals surface area contributed by atoms with E-state index in [4.69, 9.17) is 27.9 Å². The molecule has 0 radical (unpaired) electrons. The lowest BCUT2D eigenvalue weighted by atomic mass is 9.94. The van der Waals surface area contributed by atoms with Crippen LogP contribution in [0.4, 0.5) is 0 Å². The Morgan fingerprint density at radius 1 is 0.947 bits per heavy atom. The lowest BCUT2D eigenvalue weighted by molar-refractivity contribution is -0.143. The van der Waals surface area contributed by atoms with Gasteiger partial charge in [-0.05, 0) is 54.3 Å². The van der Waals surface area contributed by atoms with Gasteiger partial charge in [0, 0.05) is 28.5 Å². The van der Waals surface area contributed by atoms with Crippen LogP contribution in [0.3, 0.4) is 0 Å². The summed E-state index contributed by atoms with van der Waals surface area (Å²) in [6.45, 7) is -0.000705. The molecular weight excluding hydrogens is 587 g/mol. The number of ether oxygens (including phenoxy) is 1. The van der Waals surface area contributed by atoms with Crippen molar-refractivity contribution in [3.05, 3.63) is 98.4 Å². The van der Waals surface area contributed by atoms with Crippen molar-refractivity contribution in [2.75, 3.05) is 6.61 Å². The Balaban J connectivity index is 1.61. The van der Waals surface area contributed by atoms with E-state index in [0.717, 1.165) is 41.3 Å². The average molecular weight is 618 g/mol. The van der Waals surface area contributed by atoms with Gasteiger partial charge in [-0.3, -0.25) is 9.59 Å². The smallest absolute Gasteiger partial charge is 0.261 e. The summed E-state index contributed by atoms with van der Waals surface area (Å²) in [7, 11) is 0. The third kappa shape index (κ3) is 8.23. The molecular formula is C30H31BrCl2N2O3. The van der Waals surface area contributed by atoms with E-state index >= 15 is 0 Å². The van der Waals surface area contributed by atoms with Gasteiger partial charge >= 0.3 is 0 Å². The van der Waals surface area contributed by atoms with Crippen molar-refractivity contribution >= 4 is 50.9 Å². The highest BCUT2D eigenvalue weighted by Gasteiger charge is 2.32. The minimum absolute atomic E-state index is 0.128. The molecule has 0 unspecified atom stereocenters. The van der Waals surface area contributed by atoms with E-state index in [-0.39, 0.29) is 31.0 Å². The Morgan fingerprint density at radius 3 is 2.34 bits per heavy atom. The number of hydrogen-bond acceptors (Lipinski definition) is 3. The van der Waals surface area contributed by atoms with Gasteiger partial charge < -0.3 is 15.0 Å². The highest BCUT2D eigenvalue weighted by atomic mass is 79.9. The molecule has 200 valence electrons. The number of benzene rings is 3. The second-order valence-electron chi connectivity index (χ2n) is 9.56. The summed E-state index contributed by atoms with van der Waals surface area (Å²) in [6.07, 6.45) is 5.71. The van der Waals surface area contributed by atoms with Crippen molar-refractivity contribution in [1.82, 2.24) is 10.2 Å². The first-order valence-electron chi connectivity index (χ1n) is 12.8. The lowest BCUT2D eigenvalue weighted by Gasteiger charge is -2.33. The molecule has 1 atom stereocenters. The van der Waals surface area contributed by atoms with Crippen molar-refractivity contribution in [3.8, 4) is 5.75 Å². The predicted molar refractivity (Wildman–Crippen MR) is 156 cm³/mol. The number of amides is 2. The van der Waals surface area contributed by atoms with Crippen LogP contribution < -0.4 is 10.1 Å². The normalized spacial score (nSPS) is 14.5. The topological polar surface area (TPSA) is 58.6 Å². The molecule has 2 amide bonds. The minimum atomic E-state index is -0.709. The van der Waals surface area contributed by atoms with Crippen LogP contribution in [0.25, 0.3) is 0 Å². The van der Waals surface area contributed by atoms with Gasteiger partial charge in [0.1, 0.15) is 11.8 Å². The van der Waals surface area contributed by atoms with Gasteiger partial charge in [0.05, 0.1) is 5.02 Å². The van der Waals surface area contributed by atoms with Gasteiger partial charge in [-0.15, -0.1) is 0 Å². The Morgan fingerprint density at radius 2 is 1.66 bits per heavy atom. The highest BCUT2D eigenvalue weighted by molar-refractivity contribution is 9.10. The van der Waals surface area contributed by atoms with Crippen LogP contribution in [0.2, 0.25) is 10.0 Å². The van der Waals surface area contributed by atoms with E-state index in [1.54, 1.807) is 23.1 Å². The fraction of sp³-hybridized carbons (Fsp3) is 0.333. The zero-order valence-electron chi connectivity index (χ0n) is 21.0. The fourth-order valence-electron chi connectivity index (χ4n) is 4.70. The van der Waals surface area contributed by atoms with Crippen LogP contribution in [0.5, 0.6) is 5.75 Å². The molecule has 38 heavy (non-hydrogen) atoms. The molecule has 4 rings (SSSR count). The summed E-state index contributed by atoms with van der Waals surface area (Å²) >= 11 is 15.7. The molecule has 0 spiro atoms. The summed E-state index contributed by atoms with van der Waals surface area (Å²) in [4.78, 5) is 29.1. The number of carbonyl (C=O) groups is 2. The zero-order chi connectivity index (χ0) is 26.9. The SMILES string of the molecule is O=C(NC1CCCCC1)[C@H](Cc1ccccc1)N(Cc1ccc(Br)cc1)C(=O)COc1ccc(Cl)cc1Cl. The van der Waals surface area contributed by atoms with Crippen molar-refractivity contribution < 1.29 is 14.3 Å². The predicted octanol–water partition coefficient (Wildman–Crippen LogP) is 7.22. The molecule has 1 saturated carbocycles. The first kappa shape index (κ1) is 28.5. The molecule has 1 N–H and O–H groups in total. The second-order valence-corrected chi connectivity index (χ2v) is 11.3. The monoisotopic (exact) mass is 616 g/mol. The van der Waals surface area contributed by atoms with Crippen molar-refractivity contribution in [1.29, 1.82) is 0 Å². The summed E-state index contributed by atoms with van der Waals surface area (Å²) < 4.78 is 6.74. The quantitative estimate of drug-likeness (QED) is 0.261. The second kappa shape index (κ2) is 14.0. The van der Waals surface area contributed by atoms with Crippen molar-refractivity contribution in [2.45, 2.75) is 57.2 Å². The maximum Gasteiger partial charge on any atom is 0.261 e. The molecule has 3 aromatic rings. The van der Waals surface area contributed by atoms with E-state index < -0.39 is 6.04 Å².